The third-order valence-corrected chi connectivity index (χ3v) is 2.85. The fourth-order valence-corrected chi connectivity index (χ4v) is 1.82. The molecule has 0 amide bonds. The van der Waals surface area contributed by atoms with Crippen LogP contribution in [0.4, 0.5) is 5.82 Å². The monoisotopic (exact) mass is 268 g/mol. The SMILES string of the molecule is Nc1cc(O[C@H]2CCOC2)ccn1.O[C@H]1CCOC1. The number of aromatic nitrogens is 1. The Kier molecular flexibility index (Phi) is 5.38. The zero-order valence-corrected chi connectivity index (χ0v) is 10.8. The van der Waals surface area contributed by atoms with Gasteiger partial charge in [0, 0.05) is 25.3 Å². The Hall–Kier alpha value is -1.37. The number of hydrogen-bond donors (Lipinski definition) is 2. The van der Waals surface area contributed by atoms with Crippen molar-refractivity contribution < 1.29 is 19.3 Å². The molecule has 2 aliphatic heterocycles. The molecule has 106 valence electrons. The van der Waals surface area contributed by atoms with Crippen LogP contribution in [0.5, 0.6) is 5.75 Å². The summed E-state index contributed by atoms with van der Waals surface area (Å²) in [6.45, 7) is 2.73. The van der Waals surface area contributed by atoms with Gasteiger partial charge < -0.3 is 25.1 Å². The minimum absolute atomic E-state index is 0.168. The van der Waals surface area contributed by atoms with E-state index in [2.05, 4.69) is 4.98 Å². The first kappa shape index (κ1) is 14.0. The van der Waals surface area contributed by atoms with Crippen molar-refractivity contribution in [1.82, 2.24) is 4.98 Å². The highest BCUT2D eigenvalue weighted by molar-refractivity contribution is 5.35. The fourth-order valence-electron chi connectivity index (χ4n) is 1.82. The van der Waals surface area contributed by atoms with Gasteiger partial charge in [-0.3, -0.25) is 0 Å². The van der Waals surface area contributed by atoms with Crippen LogP contribution in [-0.2, 0) is 9.47 Å². The van der Waals surface area contributed by atoms with Crippen LogP contribution in [0.25, 0.3) is 0 Å². The van der Waals surface area contributed by atoms with Crippen LogP contribution in [0.15, 0.2) is 18.3 Å². The van der Waals surface area contributed by atoms with Crippen molar-refractivity contribution in [3.8, 4) is 5.75 Å². The van der Waals surface area contributed by atoms with E-state index in [9.17, 15) is 0 Å². The molecule has 3 N–H and O–H groups in total. The standard InChI is InChI=1S/C9H12N2O2.C4H8O2/c10-9-5-7(1-3-11-9)13-8-2-4-12-6-8;5-4-1-2-6-3-4/h1,3,5,8H,2,4,6H2,(H2,10,11);4-5H,1-3H2/t8-;4-/m00/s1. The van der Waals surface area contributed by atoms with Crippen molar-refractivity contribution in [3.63, 3.8) is 0 Å². The molecule has 1 aromatic heterocycles. The van der Waals surface area contributed by atoms with Crippen LogP contribution in [0.1, 0.15) is 12.8 Å². The molecule has 0 aliphatic carbocycles. The summed E-state index contributed by atoms with van der Waals surface area (Å²) >= 11 is 0. The molecular weight excluding hydrogens is 248 g/mol. The van der Waals surface area contributed by atoms with Crippen molar-refractivity contribution in [3.05, 3.63) is 18.3 Å². The Morgan fingerprint density at radius 1 is 1.26 bits per heavy atom. The number of rotatable bonds is 2. The maximum Gasteiger partial charge on any atom is 0.126 e. The van der Waals surface area contributed by atoms with E-state index in [1.54, 1.807) is 18.3 Å². The molecule has 19 heavy (non-hydrogen) atoms. The molecule has 0 bridgehead atoms. The second-order valence-electron chi connectivity index (χ2n) is 4.54. The third-order valence-electron chi connectivity index (χ3n) is 2.85. The Balaban J connectivity index is 0.000000186. The van der Waals surface area contributed by atoms with Crippen molar-refractivity contribution in [2.45, 2.75) is 25.0 Å². The summed E-state index contributed by atoms with van der Waals surface area (Å²) in [6, 6.07) is 3.52. The number of nitrogens with two attached hydrogens (primary N) is 1. The molecule has 2 fully saturated rings. The van der Waals surface area contributed by atoms with Gasteiger partial charge in [-0.2, -0.15) is 0 Å². The molecule has 0 spiro atoms. The molecule has 6 nitrogen and oxygen atoms in total. The maximum atomic E-state index is 8.60. The third kappa shape index (κ3) is 5.02. The second kappa shape index (κ2) is 7.28. The zero-order valence-electron chi connectivity index (χ0n) is 10.8. The van der Waals surface area contributed by atoms with E-state index in [4.69, 9.17) is 25.1 Å². The summed E-state index contributed by atoms with van der Waals surface area (Å²) < 4.78 is 15.6. The molecule has 0 radical (unpaired) electrons. The average molecular weight is 268 g/mol. The lowest BCUT2D eigenvalue weighted by molar-refractivity contribution is 0.127. The lowest BCUT2D eigenvalue weighted by atomic mass is 10.3. The first-order valence-corrected chi connectivity index (χ1v) is 6.46. The second-order valence-corrected chi connectivity index (χ2v) is 4.54. The summed E-state index contributed by atoms with van der Waals surface area (Å²) in [7, 11) is 0. The highest BCUT2D eigenvalue weighted by atomic mass is 16.5. The summed E-state index contributed by atoms with van der Waals surface area (Å²) in [4.78, 5) is 3.88. The van der Waals surface area contributed by atoms with Gasteiger partial charge >= 0.3 is 0 Å². The van der Waals surface area contributed by atoms with Gasteiger partial charge in [0.25, 0.3) is 0 Å². The number of nitrogen functional groups attached to an aromatic ring is 1. The van der Waals surface area contributed by atoms with Crippen molar-refractivity contribution in [1.29, 1.82) is 0 Å². The Morgan fingerprint density at radius 3 is 2.58 bits per heavy atom. The number of aliphatic hydroxyl groups excluding tert-OH is 1. The largest absolute Gasteiger partial charge is 0.488 e. The van der Waals surface area contributed by atoms with Crippen LogP contribution < -0.4 is 10.5 Å². The van der Waals surface area contributed by atoms with Gasteiger partial charge in [0.05, 0.1) is 25.9 Å². The number of anilines is 1. The van der Waals surface area contributed by atoms with Gasteiger partial charge in [-0.25, -0.2) is 4.98 Å². The predicted molar refractivity (Wildman–Crippen MR) is 69.9 cm³/mol. The molecule has 0 aromatic carbocycles. The minimum Gasteiger partial charge on any atom is -0.488 e. The van der Waals surface area contributed by atoms with Gasteiger partial charge in [-0.15, -0.1) is 0 Å². The quantitative estimate of drug-likeness (QED) is 0.816. The van der Waals surface area contributed by atoms with E-state index >= 15 is 0 Å². The average Bonchev–Trinajstić information content (AvgIpc) is 3.04. The van der Waals surface area contributed by atoms with Crippen molar-refractivity contribution >= 4 is 5.82 Å². The molecule has 1 aromatic rings. The van der Waals surface area contributed by atoms with Crippen LogP contribution in [0.3, 0.4) is 0 Å². The molecule has 3 heterocycles. The molecule has 2 atom stereocenters. The summed E-state index contributed by atoms with van der Waals surface area (Å²) in [6.07, 6.45) is 3.40. The van der Waals surface area contributed by atoms with E-state index in [1.165, 1.54) is 0 Å². The first-order valence-electron chi connectivity index (χ1n) is 6.46. The Bertz CT molecular complexity index is 377. The van der Waals surface area contributed by atoms with Crippen LogP contribution in [-0.4, -0.2) is 48.7 Å². The smallest absolute Gasteiger partial charge is 0.126 e. The topological polar surface area (TPSA) is 86.8 Å². The van der Waals surface area contributed by atoms with Crippen LogP contribution in [0, 0.1) is 0 Å². The molecule has 2 saturated heterocycles. The van der Waals surface area contributed by atoms with E-state index in [-0.39, 0.29) is 12.2 Å². The fraction of sp³-hybridized carbons (Fsp3) is 0.615. The normalized spacial score (nSPS) is 25.7. The minimum atomic E-state index is -0.176. The lowest BCUT2D eigenvalue weighted by Gasteiger charge is -2.11. The van der Waals surface area contributed by atoms with Gasteiger partial charge in [-0.1, -0.05) is 0 Å². The summed E-state index contributed by atoms with van der Waals surface area (Å²) in [5.74, 6) is 1.25. The van der Waals surface area contributed by atoms with Crippen molar-refractivity contribution in [2.75, 3.05) is 32.2 Å². The van der Waals surface area contributed by atoms with Crippen LogP contribution >= 0.6 is 0 Å². The number of nitrogens with zero attached hydrogens (tertiary/aromatic N) is 1. The Labute approximate surface area is 112 Å². The predicted octanol–water partition coefficient (Wildman–Crippen LogP) is 0.599. The lowest BCUT2D eigenvalue weighted by Crippen LogP contribution is -2.15. The van der Waals surface area contributed by atoms with Gasteiger partial charge in [-0.05, 0) is 12.5 Å². The molecular formula is C13H20N2O4. The van der Waals surface area contributed by atoms with E-state index in [0.717, 1.165) is 31.8 Å². The van der Waals surface area contributed by atoms with Gasteiger partial charge in [0.15, 0.2) is 0 Å². The summed E-state index contributed by atoms with van der Waals surface area (Å²) in [5.41, 5.74) is 5.51. The van der Waals surface area contributed by atoms with E-state index < -0.39 is 0 Å². The summed E-state index contributed by atoms with van der Waals surface area (Å²) in [5, 5.41) is 8.60. The molecule has 6 heteroatoms. The number of hydrogen-bond acceptors (Lipinski definition) is 6. The van der Waals surface area contributed by atoms with Crippen LogP contribution in [0.2, 0.25) is 0 Å². The highest BCUT2D eigenvalue weighted by Gasteiger charge is 2.16. The van der Waals surface area contributed by atoms with Crippen molar-refractivity contribution in [2.24, 2.45) is 0 Å². The Morgan fingerprint density at radius 2 is 2.05 bits per heavy atom. The number of aliphatic hydroxyl groups is 1. The van der Waals surface area contributed by atoms with Gasteiger partial charge in [0.2, 0.25) is 0 Å². The van der Waals surface area contributed by atoms with E-state index in [0.29, 0.717) is 19.0 Å². The maximum absolute atomic E-state index is 8.60. The number of pyridine rings is 1. The van der Waals surface area contributed by atoms with Gasteiger partial charge in [0.1, 0.15) is 17.7 Å². The molecule has 0 saturated carbocycles. The highest BCUT2D eigenvalue weighted by Crippen LogP contribution is 2.17. The molecule has 3 rings (SSSR count). The number of ether oxygens (including phenoxy) is 3. The zero-order chi connectivity index (χ0) is 13.5. The molecule has 0 unspecified atom stereocenters. The molecule has 2 aliphatic rings. The first-order chi connectivity index (χ1) is 9.24. The van der Waals surface area contributed by atoms with E-state index in [1.807, 2.05) is 0 Å².